The summed E-state index contributed by atoms with van der Waals surface area (Å²) in [6, 6.07) is 0. The van der Waals surface area contributed by atoms with Crippen molar-refractivity contribution in [3.8, 4) is 0 Å². The molecule has 0 unspecified atom stereocenters. The molecule has 1 rings (SSSR count). The molecule has 0 aromatic carbocycles. The number of rotatable bonds is 3. The van der Waals surface area contributed by atoms with Crippen LogP contribution in [0.1, 0.15) is 40.0 Å². The Hall–Kier alpha value is -2.49. The van der Waals surface area contributed by atoms with Crippen molar-refractivity contribution in [3.05, 3.63) is 36.5 Å². The van der Waals surface area contributed by atoms with E-state index in [1.54, 1.807) is 39.6 Å². The van der Waals surface area contributed by atoms with Gasteiger partial charge in [-0.2, -0.15) is 0 Å². The van der Waals surface area contributed by atoms with Gasteiger partial charge in [0.25, 0.3) is 0 Å². The molecule has 0 aromatic heterocycles. The van der Waals surface area contributed by atoms with Crippen LogP contribution in [-0.2, 0) is 42.8 Å². The van der Waals surface area contributed by atoms with E-state index in [1.807, 2.05) is 39.0 Å². The smallest absolute Gasteiger partial charge is 0.309 e. The van der Waals surface area contributed by atoms with Gasteiger partial charge < -0.3 is 28.4 Å². The third-order valence-electron chi connectivity index (χ3n) is 6.07. The van der Waals surface area contributed by atoms with E-state index < -0.39 is 0 Å². The molecule has 204 valence electrons. The van der Waals surface area contributed by atoms with Gasteiger partial charge in [-0.15, -0.1) is 0 Å². The first-order valence-corrected chi connectivity index (χ1v) is 12.3. The van der Waals surface area contributed by atoms with Crippen molar-refractivity contribution in [2.45, 2.75) is 58.3 Å². The summed E-state index contributed by atoms with van der Waals surface area (Å²) in [6.45, 7) is 6.02. The summed E-state index contributed by atoms with van der Waals surface area (Å²) in [6.07, 6.45) is 9.89. The maximum absolute atomic E-state index is 12.2. The normalized spacial score (nSPS) is 33.3. The molecule has 6 atom stereocenters. The molecular formula is C27H42O9. The van der Waals surface area contributed by atoms with E-state index >= 15 is 0 Å². The van der Waals surface area contributed by atoms with Crippen LogP contribution in [0.2, 0.25) is 0 Å². The number of methoxy groups -OCH3 is 3. The van der Waals surface area contributed by atoms with E-state index in [9.17, 15) is 14.4 Å². The van der Waals surface area contributed by atoms with Crippen LogP contribution in [0.5, 0.6) is 0 Å². The van der Waals surface area contributed by atoms with Crippen molar-refractivity contribution >= 4 is 17.9 Å². The standard InChI is InChI=1S/C27H42O9/c1-19-10-7-13-25(28)35-17-23(32-5)21(3)12-9-15-27(30)36-18-24(33-6)20(2)11-8-14-26(29)34-16-22(19)31-4/h7-12,19-24H,13-18H2,1-6H3/b10-7+,11-8+,12-9+/t19-,20-,21-,22+,23+,24+/m0/s1. The van der Waals surface area contributed by atoms with Gasteiger partial charge in [0.2, 0.25) is 0 Å². The predicted molar refractivity (Wildman–Crippen MR) is 134 cm³/mol. The van der Waals surface area contributed by atoms with Gasteiger partial charge in [0, 0.05) is 39.1 Å². The van der Waals surface area contributed by atoms with E-state index in [0.717, 1.165) is 0 Å². The minimum atomic E-state index is -0.385. The van der Waals surface area contributed by atoms with E-state index in [1.165, 1.54) is 0 Å². The number of hydrogen-bond donors (Lipinski definition) is 0. The summed E-state index contributed by atoms with van der Waals surface area (Å²) in [5.41, 5.74) is 0. The molecule has 0 amide bonds. The molecule has 0 saturated carbocycles. The fourth-order valence-electron chi connectivity index (χ4n) is 3.51. The predicted octanol–water partition coefficient (Wildman–Crippen LogP) is 3.42. The highest BCUT2D eigenvalue weighted by molar-refractivity contribution is 5.72. The average Bonchev–Trinajstić information content (AvgIpc) is 2.84. The van der Waals surface area contributed by atoms with Crippen molar-refractivity contribution in [2.24, 2.45) is 17.8 Å². The number of carbonyl (C=O) groups is 3. The molecule has 0 radical (unpaired) electrons. The van der Waals surface area contributed by atoms with Crippen molar-refractivity contribution in [1.82, 2.24) is 0 Å². The maximum Gasteiger partial charge on any atom is 0.309 e. The molecule has 0 saturated heterocycles. The molecule has 9 heteroatoms. The first-order valence-electron chi connectivity index (χ1n) is 12.3. The molecule has 0 bridgehead atoms. The molecular weight excluding hydrogens is 468 g/mol. The van der Waals surface area contributed by atoms with Gasteiger partial charge in [-0.3, -0.25) is 14.4 Å². The number of carbonyl (C=O) groups excluding carboxylic acids is 3. The molecule has 9 nitrogen and oxygen atoms in total. The zero-order valence-electron chi connectivity index (χ0n) is 22.3. The lowest BCUT2D eigenvalue weighted by molar-refractivity contribution is -0.147. The number of cyclic esters (lactones) is 3. The Balaban J connectivity index is 2.92. The second-order valence-electron chi connectivity index (χ2n) is 8.85. The average molecular weight is 511 g/mol. The molecule has 0 fully saturated rings. The second-order valence-corrected chi connectivity index (χ2v) is 8.85. The third kappa shape index (κ3) is 12.5. The van der Waals surface area contributed by atoms with Gasteiger partial charge in [-0.05, 0) is 0 Å². The lowest BCUT2D eigenvalue weighted by Gasteiger charge is -2.21. The minimum absolute atomic E-state index is 0.0845. The van der Waals surface area contributed by atoms with E-state index in [0.29, 0.717) is 0 Å². The van der Waals surface area contributed by atoms with Crippen LogP contribution in [0.4, 0.5) is 0 Å². The van der Waals surface area contributed by atoms with E-state index in [4.69, 9.17) is 28.4 Å². The van der Waals surface area contributed by atoms with Crippen LogP contribution in [0.15, 0.2) is 36.5 Å². The molecule has 1 aliphatic rings. The summed E-state index contributed by atoms with van der Waals surface area (Å²) in [5.74, 6) is -1.41. The van der Waals surface area contributed by atoms with Gasteiger partial charge in [0.05, 0.1) is 37.6 Å². The Labute approximate surface area is 214 Å². The number of ether oxygens (including phenoxy) is 6. The Bertz CT molecular complexity index is 658. The lowest BCUT2D eigenvalue weighted by atomic mass is 10.0. The molecule has 1 heterocycles. The Morgan fingerprint density at radius 1 is 0.556 bits per heavy atom. The Morgan fingerprint density at radius 3 is 1.03 bits per heavy atom. The van der Waals surface area contributed by atoms with Crippen LogP contribution >= 0.6 is 0 Å². The topological polar surface area (TPSA) is 107 Å². The lowest BCUT2D eigenvalue weighted by Crippen LogP contribution is -2.27. The van der Waals surface area contributed by atoms with Gasteiger partial charge >= 0.3 is 17.9 Å². The van der Waals surface area contributed by atoms with Crippen molar-refractivity contribution in [2.75, 3.05) is 41.2 Å². The number of esters is 3. The fraction of sp³-hybridized carbons (Fsp3) is 0.667. The molecule has 0 spiro atoms. The SMILES string of the molecule is CO[C@@H]1COC(=O)C/C=C/[C@H](C)[C@H](OC)COC(=O)C/C=C/[C@H](C)[C@H](OC)COC(=O)C/C=C/[C@@H]1C. The summed E-state index contributed by atoms with van der Waals surface area (Å²) in [4.78, 5) is 36.5. The van der Waals surface area contributed by atoms with Crippen LogP contribution in [0.25, 0.3) is 0 Å². The molecule has 36 heavy (non-hydrogen) atoms. The first-order chi connectivity index (χ1) is 17.2. The number of hydrogen-bond acceptors (Lipinski definition) is 9. The zero-order valence-corrected chi connectivity index (χ0v) is 22.3. The highest BCUT2D eigenvalue weighted by atomic mass is 16.6. The molecule has 0 aliphatic carbocycles. The van der Waals surface area contributed by atoms with Crippen LogP contribution < -0.4 is 0 Å². The second kappa shape index (κ2) is 17.9. The molecule has 0 N–H and O–H groups in total. The highest BCUT2D eigenvalue weighted by Crippen LogP contribution is 2.14. The van der Waals surface area contributed by atoms with Crippen LogP contribution in [0, 0.1) is 17.8 Å². The van der Waals surface area contributed by atoms with E-state index in [2.05, 4.69) is 0 Å². The summed E-state index contributed by atoms with van der Waals surface area (Å²) in [7, 11) is 4.64. The third-order valence-corrected chi connectivity index (χ3v) is 6.07. The summed E-state index contributed by atoms with van der Waals surface area (Å²) in [5, 5.41) is 0. The maximum atomic E-state index is 12.2. The highest BCUT2D eigenvalue weighted by Gasteiger charge is 2.20. The van der Waals surface area contributed by atoms with Crippen molar-refractivity contribution in [1.29, 1.82) is 0 Å². The Morgan fingerprint density at radius 2 is 0.806 bits per heavy atom. The molecule has 0 aromatic rings. The van der Waals surface area contributed by atoms with Gasteiger partial charge in [0.1, 0.15) is 19.8 Å². The quantitative estimate of drug-likeness (QED) is 0.321. The van der Waals surface area contributed by atoms with Crippen LogP contribution in [0.3, 0.4) is 0 Å². The zero-order chi connectivity index (χ0) is 26.9. The largest absolute Gasteiger partial charge is 0.463 e. The van der Waals surface area contributed by atoms with Crippen LogP contribution in [-0.4, -0.2) is 77.4 Å². The van der Waals surface area contributed by atoms with E-state index in [-0.39, 0.29) is 93.1 Å². The molecule has 1 aliphatic heterocycles. The van der Waals surface area contributed by atoms with Gasteiger partial charge in [-0.25, -0.2) is 0 Å². The summed E-state index contributed by atoms with van der Waals surface area (Å²) < 4.78 is 32.4. The fourth-order valence-corrected chi connectivity index (χ4v) is 3.51. The Kier molecular flexibility index (Phi) is 15.6. The summed E-state index contributed by atoms with van der Waals surface area (Å²) >= 11 is 0. The van der Waals surface area contributed by atoms with Crippen molar-refractivity contribution < 1.29 is 42.8 Å². The van der Waals surface area contributed by atoms with Gasteiger partial charge in [-0.1, -0.05) is 57.2 Å². The van der Waals surface area contributed by atoms with Gasteiger partial charge in [0.15, 0.2) is 0 Å². The van der Waals surface area contributed by atoms with Crippen molar-refractivity contribution in [3.63, 3.8) is 0 Å². The monoisotopic (exact) mass is 510 g/mol. The minimum Gasteiger partial charge on any atom is -0.463 e. The first kappa shape index (κ1) is 31.5.